The Kier molecular flexibility index (Phi) is 4.96. The Bertz CT molecular complexity index is 922. The fourth-order valence-electron chi connectivity index (χ4n) is 1.93. The third kappa shape index (κ3) is 4.49. The zero-order valence-electron chi connectivity index (χ0n) is 12.6. The van der Waals surface area contributed by atoms with Crippen molar-refractivity contribution in [1.29, 1.82) is 0 Å². The molecule has 0 aliphatic carbocycles. The summed E-state index contributed by atoms with van der Waals surface area (Å²) in [6.07, 6.45) is -5.17. The number of rotatable bonds is 3. The van der Waals surface area contributed by atoms with Gasteiger partial charge in [-0.2, -0.15) is 26.3 Å². The van der Waals surface area contributed by atoms with Crippen LogP contribution in [0.3, 0.4) is 0 Å². The van der Waals surface area contributed by atoms with Gasteiger partial charge < -0.3 is 0 Å². The molecule has 3 nitrogen and oxygen atoms in total. The molecule has 138 valence electrons. The largest absolute Gasteiger partial charge is 0.416 e. The molecule has 2 aromatic carbocycles. The van der Waals surface area contributed by atoms with Crippen LogP contribution in [0.5, 0.6) is 0 Å². The number of alkyl halides is 6. The van der Waals surface area contributed by atoms with Crippen LogP contribution in [-0.2, 0) is 22.4 Å². The molecule has 2 aromatic rings. The molecule has 2 rings (SSSR count). The van der Waals surface area contributed by atoms with Crippen molar-refractivity contribution in [3.63, 3.8) is 0 Å². The van der Waals surface area contributed by atoms with Gasteiger partial charge in [-0.15, -0.1) is 6.42 Å². The van der Waals surface area contributed by atoms with E-state index in [1.165, 1.54) is 24.3 Å². The number of benzene rings is 2. The molecular formula is C16H9F6NO2S. The SMILES string of the molecule is C#Cc1ccc(NS(=O)(=O)c2cc(C(F)(F)F)cc(C(F)(F)F)c2)cc1. The lowest BCUT2D eigenvalue weighted by Gasteiger charge is -2.15. The minimum atomic E-state index is -5.15. The van der Waals surface area contributed by atoms with Gasteiger partial charge in [-0.25, -0.2) is 8.42 Å². The molecule has 0 aromatic heterocycles. The van der Waals surface area contributed by atoms with Crippen molar-refractivity contribution in [3.8, 4) is 12.3 Å². The molecule has 26 heavy (non-hydrogen) atoms. The highest BCUT2D eigenvalue weighted by molar-refractivity contribution is 7.92. The Morgan fingerprint density at radius 1 is 0.846 bits per heavy atom. The molecule has 0 amide bonds. The van der Waals surface area contributed by atoms with Gasteiger partial charge in [-0.3, -0.25) is 4.72 Å². The Hall–Kier alpha value is -2.67. The third-order valence-electron chi connectivity index (χ3n) is 3.18. The predicted molar refractivity (Wildman–Crippen MR) is 81.6 cm³/mol. The van der Waals surface area contributed by atoms with Gasteiger partial charge in [-0.05, 0) is 42.5 Å². The van der Waals surface area contributed by atoms with Crippen LogP contribution >= 0.6 is 0 Å². The second kappa shape index (κ2) is 6.57. The van der Waals surface area contributed by atoms with Gasteiger partial charge in [0.05, 0.1) is 16.0 Å². The number of sulfonamides is 1. The summed E-state index contributed by atoms with van der Waals surface area (Å²) in [5, 5.41) is 0. The molecule has 0 fully saturated rings. The number of halogens is 6. The first-order chi connectivity index (χ1) is 11.8. The Morgan fingerprint density at radius 2 is 1.31 bits per heavy atom. The Balaban J connectivity index is 2.52. The average Bonchev–Trinajstić information content (AvgIpc) is 2.53. The summed E-state index contributed by atoms with van der Waals surface area (Å²) in [6, 6.07) is 5.27. The maximum Gasteiger partial charge on any atom is 0.416 e. The first kappa shape index (κ1) is 19.7. The van der Waals surface area contributed by atoms with Crippen molar-refractivity contribution >= 4 is 15.7 Å². The van der Waals surface area contributed by atoms with E-state index in [-0.39, 0.29) is 23.9 Å². The van der Waals surface area contributed by atoms with Crippen LogP contribution in [0.2, 0.25) is 0 Å². The Labute approximate surface area is 144 Å². The minimum absolute atomic E-state index is 0.0741. The molecule has 0 spiro atoms. The third-order valence-corrected chi connectivity index (χ3v) is 4.54. The molecule has 0 unspecified atom stereocenters. The first-order valence-corrected chi connectivity index (χ1v) is 8.20. The van der Waals surface area contributed by atoms with Crippen LogP contribution in [0.25, 0.3) is 0 Å². The molecule has 10 heteroatoms. The van der Waals surface area contributed by atoms with E-state index in [0.717, 1.165) is 0 Å². The van der Waals surface area contributed by atoms with Crippen LogP contribution in [-0.4, -0.2) is 8.42 Å². The summed E-state index contributed by atoms with van der Waals surface area (Å²) < 4.78 is 103. The second-order valence-electron chi connectivity index (χ2n) is 5.07. The highest BCUT2D eigenvalue weighted by Crippen LogP contribution is 2.37. The number of hydrogen-bond donors (Lipinski definition) is 1. The number of anilines is 1. The lowest BCUT2D eigenvalue weighted by atomic mass is 10.1. The predicted octanol–water partition coefficient (Wildman–Crippen LogP) is 4.51. The highest BCUT2D eigenvalue weighted by atomic mass is 32.2. The average molecular weight is 393 g/mol. The van der Waals surface area contributed by atoms with Gasteiger partial charge >= 0.3 is 12.4 Å². The van der Waals surface area contributed by atoms with Gasteiger partial charge in [0.1, 0.15) is 0 Å². The van der Waals surface area contributed by atoms with Crippen molar-refractivity contribution in [2.24, 2.45) is 0 Å². The maximum absolute atomic E-state index is 12.8. The van der Waals surface area contributed by atoms with E-state index < -0.39 is 38.4 Å². The van der Waals surface area contributed by atoms with Gasteiger partial charge in [0, 0.05) is 11.3 Å². The van der Waals surface area contributed by atoms with Crippen molar-refractivity contribution in [2.75, 3.05) is 4.72 Å². The van der Waals surface area contributed by atoms with E-state index in [0.29, 0.717) is 5.56 Å². The molecule has 0 aliphatic rings. The van der Waals surface area contributed by atoms with E-state index in [4.69, 9.17) is 6.42 Å². The molecule has 1 N–H and O–H groups in total. The highest BCUT2D eigenvalue weighted by Gasteiger charge is 2.38. The Morgan fingerprint density at radius 3 is 1.69 bits per heavy atom. The quantitative estimate of drug-likeness (QED) is 0.616. The minimum Gasteiger partial charge on any atom is -0.280 e. The smallest absolute Gasteiger partial charge is 0.280 e. The summed E-state index contributed by atoms with van der Waals surface area (Å²) in [5.74, 6) is 2.27. The monoisotopic (exact) mass is 393 g/mol. The van der Waals surface area contributed by atoms with Crippen LogP contribution < -0.4 is 4.72 Å². The summed E-state index contributed by atoms with van der Waals surface area (Å²) >= 11 is 0. The van der Waals surface area contributed by atoms with E-state index in [9.17, 15) is 34.8 Å². The lowest BCUT2D eigenvalue weighted by Crippen LogP contribution is -2.17. The number of nitrogens with one attached hydrogen (secondary N) is 1. The normalized spacial score (nSPS) is 12.5. The second-order valence-corrected chi connectivity index (χ2v) is 6.75. The van der Waals surface area contributed by atoms with Crippen LogP contribution in [0.1, 0.15) is 16.7 Å². The molecule has 0 aliphatic heterocycles. The van der Waals surface area contributed by atoms with Crippen molar-refractivity contribution in [1.82, 2.24) is 0 Å². The summed E-state index contributed by atoms with van der Waals surface area (Å²) in [5.41, 5.74) is -3.12. The molecule has 0 heterocycles. The zero-order chi connectivity index (χ0) is 19.8. The van der Waals surface area contributed by atoms with Crippen molar-refractivity contribution in [2.45, 2.75) is 17.2 Å². The fourth-order valence-corrected chi connectivity index (χ4v) is 3.06. The molecule has 0 saturated heterocycles. The molecule has 0 saturated carbocycles. The van der Waals surface area contributed by atoms with Crippen LogP contribution in [0.15, 0.2) is 47.4 Å². The van der Waals surface area contributed by atoms with Gasteiger partial charge in [0.25, 0.3) is 10.0 Å². The summed E-state index contributed by atoms with van der Waals surface area (Å²) in [7, 11) is -4.70. The number of terminal acetylenes is 1. The van der Waals surface area contributed by atoms with Gasteiger partial charge in [0.15, 0.2) is 0 Å². The standard InChI is InChI=1S/C16H9F6NO2S/c1-2-10-3-5-13(6-4-10)23-26(24,25)14-8-11(15(17,18)19)7-12(9-14)16(20,21)22/h1,3-9,23H. The zero-order valence-corrected chi connectivity index (χ0v) is 13.4. The van der Waals surface area contributed by atoms with Crippen molar-refractivity contribution in [3.05, 3.63) is 59.2 Å². The first-order valence-electron chi connectivity index (χ1n) is 6.72. The maximum atomic E-state index is 12.8. The van der Waals surface area contributed by atoms with Gasteiger partial charge in [0.2, 0.25) is 0 Å². The van der Waals surface area contributed by atoms with Crippen LogP contribution in [0, 0.1) is 12.3 Å². The van der Waals surface area contributed by atoms with Crippen molar-refractivity contribution < 1.29 is 34.8 Å². The molecular weight excluding hydrogens is 384 g/mol. The van der Waals surface area contributed by atoms with E-state index in [2.05, 4.69) is 5.92 Å². The molecule has 0 radical (unpaired) electrons. The summed E-state index contributed by atoms with van der Waals surface area (Å²) in [4.78, 5) is -1.17. The van der Waals surface area contributed by atoms with Crippen LogP contribution in [0.4, 0.5) is 32.0 Å². The van der Waals surface area contributed by atoms with E-state index in [1.807, 2.05) is 4.72 Å². The van der Waals surface area contributed by atoms with E-state index in [1.54, 1.807) is 0 Å². The van der Waals surface area contributed by atoms with Gasteiger partial charge in [-0.1, -0.05) is 5.92 Å². The number of hydrogen-bond acceptors (Lipinski definition) is 2. The fraction of sp³-hybridized carbons (Fsp3) is 0.125. The molecule has 0 bridgehead atoms. The topological polar surface area (TPSA) is 46.2 Å². The lowest BCUT2D eigenvalue weighted by molar-refractivity contribution is -0.143. The summed E-state index contributed by atoms with van der Waals surface area (Å²) in [6.45, 7) is 0. The van der Waals surface area contributed by atoms with E-state index >= 15 is 0 Å². The molecule has 0 atom stereocenters.